The molecule has 124 valence electrons. The summed E-state index contributed by atoms with van der Waals surface area (Å²) in [6.07, 6.45) is 3.56. The minimum Gasteiger partial charge on any atom is -0.497 e. The molecule has 2 N–H and O–H groups in total. The Morgan fingerprint density at radius 3 is 2.71 bits per heavy atom. The van der Waals surface area contributed by atoms with Gasteiger partial charge in [-0.15, -0.1) is 0 Å². The van der Waals surface area contributed by atoms with Crippen LogP contribution in [0.5, 0.6) is 5.75 Å². The van der Waals surface area contributed by atoms with Crippen LogP contribution in [0.3, 0.4) is 0 Å². The van der Waals surface area contributed by atoms with Crippen molar-refractivity contribution in [3.05, 3.63) is 42.7 Å². The molecule has 0 amide bonds. The first-order chi connectivity index (χ1) is 11.6. The van der Waals surface area contributed by atoms with Gasteiger partial charge in [0.25, 0.3) is 0 Å². The Morgan fingerprint density at radius 1 is 1.17 bits per heavy atom. The zero-order chi connectivity index (χ0) is 17.1. The molecule has 0 radical (unpaired) electrons. The van der Waals surface area contributed by atoms with Gasteiger partial charge in [-0.25, -0.2) is 9.67 Å². The number of pyridine rings is 1. The van der Waals surface area contributed by atoms with E-state index >= 15 is 0 Å². The van der Waals surface area contributed by atoms with E-state index in [1.807, 2.05) is 41.2 Å². The van der Waals surface area contributed by atoms with Crippen LogP contribution in [0.15, 0.2) is 42.7 Å². The molecule has 0 spiro atoms. The molecule has 0 aliphatic carbocycles. The number of hydrogen-bond donors (Lipinski definition) is 2. The minimum absolute atomic E-state index is 0.268. The topological polar surface area (TPSA) is 64.0 Å². The molecule has 2 heterocycles. The molecule has 0 atom stereocenters. The first kappa shape index (κ1) is 16.2. The highest BCUT2D eigenvalue weighted by molar-refractivity contribution is 7.80. The largest absolute Gasteiger partial charge is 0.497 e. The summed E-state index contributed by atoms with van der Waals surface area (Å²) in [6.45, 7) is 4.15. The molecule has 6 nitrogen and oxygen atoms in total. The molecule has 0 bridgehead atoms. The van der Waals surface area contributed by atoms with Crippen LogP contribution in [0.1, 0.15) is 19.9 Å². The van der Waals surface area contributed by atoms with Crippen LogP contribution in [0.25, 0.3) is 11.0 Å². The molecule has 0 fully saturated rings. The van der Waals surface area contributed by atoms with E-state index < -0.39 is 0 Å². The van der Waals surface area contributed by atoms with Crippen molar-refractivity contribution in [3.8, 4) is 5.75 Å². The van der Waals surface area contributed by atoms with Crippen molar-refractivity contribution in [2.24, 2.45) is 0 Å². The van der Waals surface area contributed by atoms with E-state index in [2.05, 4.69) is 34.6 Å². The van der Waals surface area contributed by atoms with Gasteiger partial charge < -0.3 is 15.4 Å². The van der Waals surface area contributed by atoms with Gasteiger partial charge in [0.05, 0.1) is 25.2 Å². The van der Waals surface area contributed by atoms with Crippen LogP contribution >= 0.6 is 12.2 Å². The minimum atomic E-state index is 0.268. The maximum atomic E-state index is 5.36. The third kappa shape index (κ3) is 3.46. The van der Waals surface area contributed by atoms with E-state index in [4.69, 9.17) is 17.0 Å². The van der Waals surface area contributed by atoms with Gasteiger partial charge >= 0.3 is 0 Å². The van der Waals surface area contributed by atoms with Gasteiger partial charge in [-0.05, 0) is 44.3 Å². The van der Waals surface area contributed by atoms with E-state index in [9.17, 15) is 0 Å². The first-order valence-electron chi connectivity index (χ1n) is 7.62. The summed E-state index contributed by atoms with van der Waals surface area (Å²) in [7, 11) is 1.63. The van der Waals surface area contributed by atoms with Crippen molar-refractivity contribution in [1.82, 2.24) is 14.8 Å². The highest BCUT2D eigenvalue weighted by Crippen LogP contribution is 2.20. The van der Waals surface area contributed by atoms with Crippen molar-refractivity contribution in [2.45, 2.75) is 19.9 Å². The van der Waals surface area contributed by atoms with E-state index in [0.717, 1.165) is 28.2 Å². The van der Waals surface area contributed by atoms with Crippen LogP contribution in [-0.4, -0.2) is 27.0 Å². The number of anilines is 2. The summed E-state index contributed by atoms with van der Waals surface area (Å²) in [5.74, 6) is 0.770. The summed E-state index contributed by atoms with van der Waals surface area (Å²) in [4.78, 5) is 4.48. The lowest BCUT2D eigenvalue weighted by atomic mass is 10.3. The van der Waals surface area contributed by atoms with Crippen molar-refractivity contribution in [2.75, 3.05) is 17.7 Å². The van der Waals surface area contributed by atoms with Gasteiger partial charge in [0, 0.05) is 23.2 Å². The van der Waals surface area contributed by atoms with E-state index in [-0.39, 0.29) is 6.04 Å². The molecule has 0 aliphatic heterocycles. The fourth-order valence-electron chi connectivity index (χ4n) is 2.38. The molecule has 24 heavy (non-hydrogen) atoms. The standard InChI is InChI=1S/C17H19N5OS/c1-11(2)22-16-12(9-19-22)7-14(10-18-16)21-17(24)20-13-5-4-6-15(8-13)23-3/h4-11H,1-3H3,(H2,20,21,24). The quantitative estimate of drug-likeness (QED) is 0.703. The Bertz CT molecular complexity index is 874. The smallest absolute Gasteiger partial charge is 0.175 e. The maximum Gasteiger partial charge on any atom is 0.175 e. The number of aromatic nitrogens is 3. The average molecular weight is 341 g/mol. The van der Waals surface area contributed by atoms with E-state index in [0.29, 0.717) is 5.11 Å². The van der Waals surface area contributed by atoms with Crippen molar-refractivity contribution in [3.63, 3.8) is 0 Å². The fraction of sp³-hybridized carbons (Fsp3) is 0.235. The maximum absolute atomic E-state index is 5.36. The lowest BCUT2D eigenvalue weighted by Gasteiger charge is -2.11. The van der Waals surface area contributed by atoms with Gasteiger partial charge in [-0.2, -0.15) is 5.10 Å². The summed E-state index contributed by atoms with van der Waals surface area (Å²) < 4.78 is 7.10. The van der Waals surface area contributed by atoms with Gasteiger partial charge in [-0.3, -0.25) is 0 Å². The number of fused-ring (bicyclic) bond motifs is 1. The number of thiocarbonyl (C=S) groups is 1. The van der Waals surface area contributed by atoms with Crippen LogP contribution in [0.2, 0.25) is 0 Å². The second-order valence-electron chi connectivity index (χ2n) is 5.63. The number of benzene rings is 1. The second-order valence-corrected chi connectivity index (χ2v) is 6.04. The predicted octanol–water partition coefficient (Wildman–Crippen LogP) is 3.83. The SMILES string of the molecule is COc1cccc(NC(=S)Nc2cnc3c(cnn3C(C)C)c2)c1. The third-order valence-corrected chi connectivity index (χ3v) is 3.71. The van der Waals surface area contributed by atoms with Crippen molar-refractivity contribution in [1.29, 1.82) is 0 Å². The summed E-state index contributed by atoms with van der Waals surface area (Å²) in [5.41, 5.74) is 2.53. The molecule has 0 unspecified atom stereocenters. The highest BCUT2D eigenvalue weighted by atomic mass is 32.1. The summed E-state index contributed by atoms with van der Waals surface area (Å²) in [5, 5.41) is 12.1. The van der Waals surface area contributed by atoms with E-state index in [1.165, 1.54) is 0 Å². The Morgan fingerprint density at radius 2 is 1.96 bits per heavy atom. The van der Waals surface area contributed by atoms with E-state index in [1.54, 1.807) is 13.3 Å². The first-order valence-corrected chi connectivity index (χ1v) is 8.03. The lowest BCUT2D eigenvalue weighted by Crippen LogP contribution is -2.19. The second kappa shape index (κ2) is 6.84. The third-order valence-electron chi connectivity index (χ3n) is 3.51. The molecular weight excluding hydrogens is 322 g/mol. The number of hydrogen-bond acceptors (Lipinski definition) is 4. The van der Waals surface area contributed by atoms with Gasteiger partial charge in [0.1, 0.15) is 5.75 Å². The molecule has 2 aromatic heterocycles. The lowest BCUT2D eigenvalue weighted by molar-refractivity contribution is 0.415. The molecule has 0 saturated heterocycles. The molecule has 3 rings (SSSR count). The Hall–Kier alpha value is -2.67. The molecule has 3 aromatic rings. The predicted molar refractivity (Wildman–Crippen MR) is 101 cm³/mol. The fourth-order valence-corrected chi connectivity index (χ4v) is 2.62. The zero-order valence-electron chi connectivity index (χ0n) is 13.8. The van der Waals surface area contributed by atoms with Crippen molar-refractivity contribution >= 4 is 39.7 Å². The number of rotatable bonds is 4. The average Bonchev–Trinajstić information content (AvgIpc) is 2.98. The molecule has 7 heteroatoms. The Balaban J connectivity index is 1.73. The zero-order valence-corrected chi connectivity index (χ0v) is 14.6. The number of nitrogens with zero attached hydrogens (tertiary/aromatic N) is 3. The number of methoxy groups -OCH3 is 1. The van der Waals surface area contributed by atoms with Crippen molar-refractivity contribution < 1.29 is 4.74 Å². The molecule has 1 aromatic carbocycles. The van der Waals surface area contributed by atoms with Gasteiger partial charge in [0.2, 0.25) is 0 Å². The Kier molecular flexibility index (Phi) is 4.61. The normalized spacial score (nSPS) is 10.8. The summed E-state index contributed by atoms with van der Waals surface area (Å²) in [6, 6.07) is 9.83. The molecular formula is C17H19N5OS. The molecule has 0 saturated carbocycles. The number of ether oxygens (including phenoxy) is 1. The highest BCUT2D eigenvalue weighted by Gasteiger charge is 2.08. The molecule has 0 aliphatic rings. The van der Waals surface area contributed by atoms with Gasteiger partial charge in [-0.1, -0.05) is 6.07 Å². The summed E-state index contributed by atoms with van der Waals surface area (Å²) >= 11 is 5.36. The van der Waals surface area contributed by atoms with Crippen LogP contribution in [-0.2, 0) is 0 Å². The Labute approximate surface area is 145 Å². The van der Waals surface area contributed by atoms with Crippen LogP contribution in [0.4, 0.5) is 11.4 Å². The number of nitrogens with one attached hydrogen (secondary N) is 2. The van der Waals surface area contributed by atoms with Crippen LogP contribution < -0.4 is 15.4 Å². The van der Waals surface area contributed by atoms with Gasteiger partial charge in [0.15, 0.2) is 10.8 Å². The van der Waals surface area contributed by atoms with Crippen LogP contribution in [0, 0.1) is 0 Å². The monoisotopic (exact) mass is 341 g/mol.